The van der Waals surface area contributed by atoms with E-state index >= 15 is 0 Å². The molecule has 0 radical (unpaired) electrons. The third-order valence-electron chi connectivity index (χ3n) is 1.98. The van der Waals surface area contributed by atoms with Crippen LogP contribution in [-0.2, 0) is 0 Å². The molecule has 0 spiro atoms. The molecule has 62 valence electrons. The summed E-state index contributed by atoms with van der Waals surface area (Å²) in [6.45, 7) is 9.10. The van der Waals surface area contributed by atoms with Crippen LogP contribution in [0.1, 0.15) is 40.5 Å². The molecule has 0 bridgehead atoms. The highest BCUT2D eigenvalue weighted by atomic mass is 79.9. The van der Waals surface area contributed by atoms with E-state index in [0.717, 1.165) is 11.8 Å². The maximum absolute atomic E-state index is 3.59. The van der Waals surface area contributed by atoms with Gasteiger partial charge in [-0.2, -0.15) is 0 Å². The van der Waals surface area contributed by atoms with E-state index in [1.807, 2.05) is 0 Å². The van der Waals surface area contributed by atoms with Crippen LogP contribution in [0.4, 0.5) is 0 Å². The first-order chi connectivity index (χ1) is 4.54. The zero-order chi connectivity index (χ0) is 8.15. The standard InChI is InChI=1S/C9H19Br/c1-7(2)5-6-8(3)9(4)10/h7-9H,5-6H2,1-4H3. The lowest BCUT2D eigenvalue weighted by atomic mass is 9.97. The van der Waals surface area contributed by atoms with Gasteiger partial charge in [-0.3, -0.25) is 0 Å². The van der Waals surface area contributed by atoms with Crippen LogP contribution in [0.5, 0.6) is 0 Å². The predicted molar refractivity (Wildman–Crippen MR) is 51.6 cm³/mol. The fraction of sp³-hybridized carbons (Fsp3) is 1.00. The molecule has 0 aliphatic heterocycles. The van der Waals surface area contributed by atoms with Gasteiger partial charge in [0.15, 0.2) is 0 Å². The van der Waals surface area contributed by atoms with Crippen LogP contribution >= 0.6 is 15.9 Å². The van der Waals surface area contributed by atoms with Gasteiger partial charge >= 0.3 is 0 Å². The highest BCUT2D eigenvalue weighted by Gasteiger charge is 2.08. The molecule has 10 heavy (non-hydrogen) atoms. The summed E-state index contributed by atoms with van der Waals surface area (Å²) in [6, 6.07) is 0. The molecule has 0 amide bonds. The fourth-order valence-electron chi connectivity index (χ4n) is 0.826. The van der Waals surface area contributed by atoms with Crippen LogP contribution in [0, 0.1) is 11.8 Å². The summed E-state index contributed by atoms with van der Waals surface area (Å²) in [5.41, 5.74) is 0. The normalized spacial score (nSPS) is 17.4. The minimum absolute atomic E-state index is 0.672. The second-order valence-electron chi connectivity index (χ2n) is 3.63. The second kappa shape index (κ2) is 5.17. The first kappa shape index (κ1) is 10.5. The van der Waals surface area contributed by atoms with E-state index in [1.54, 1.807) is 0 Å². The minimum atomic E-state index is 0.672. The zero-order valence-corrected chi connectivity index (χ0v) is 9.11. The lowest BCUT2D eigenvalue weighted by Gasteiger charge is -2.14. The second-order valence-corrected chi connectivity index (χ2v) is 5.07. The topological polar surface area (TPSA) is 0 Å². The van der Waals surface area contributed by atoms with Crippen molar-refractivity contribution in [3.05, 3.63) is 0 Å². The Bertz CT molecular complexity index is 76.8. The molecule has 0 aromatic rings. The lowest BCUT2D eigenvalue weighted by Crippen LogP contribution is -2.07. The van der Waals surface area contributed by atoms with E-state index in [4.69, 9.17) is 0 Å². The lowest BCUT2D eigenvalue weighted by molar-refractivity contribution is 0.451. The molecule has 2 atom stereocenters. The minimum Gasteiger partial charge on any atom is -0.0891 e. The molecule has 0 aliphatic rings. The Kier molecular flexibility index (Phi) is 5.42. The zero-order valence-electron chi connectivity index (χ0n) is 7.52. The first-order valence-electron chi connectivity index (χ1n) is 4.18. The van der Waals surface area contributed by atoms with Crippen LogP contribution < -0.4 is 0 Å². The van der Waals surface area contributed by atoms with Crippen molar-refractivity contribution >= 4 is 15.9 Å². The van der Waals surface area contributed by atoms with Crippen LogP contribution in [0.25, 0.3) is 0 Å². The SMILES string of the molecule is CC(C)CCC(C)C(C)Br. The van der Waals surface area contributed by atoms with E-state index in [-0.39, 0.29) is 0 Å². The summed E-state index contributed by atoms with van der Waals surface area (Å²) >= 11 is 3.59. The Morgan fingerprint density at radius 3 is 1.80 bits per heavy atom. The average Bonchev–Trinajstić information content (AvgIpc) is 1.82. The maximum Gasteiger partial charge on any atom is 0.0143 e. The highest BCUT2D eigenvalue weighted by molar-refractivity contribution is 9.09. The van der Waals surface area contributed by atoms with Gasteiger partial charge in [0, 0.05) is 4.83 Å². The van der Waals surface area contributed by atoms with Gasteiger partial charge in [-0.15, -0.1) is 0 Å². The Balaban J connectivity index is 3.30. The number of halogens is 1. The van der Waals surface area contributed by atoms with Crippen molar-refractivity contribution in [2.24, 2.45) is 11.8 Å². The van der Waals surface area contributed by atoms with E-state index in [9.17, 15) is 0 Å². The Morgan fingerprint density at radius 2 is 1.50 bits per heavy atom. The molecular weight excluding hydrogens is 188 g/mol. The van der Waals surface area contributed by atoms with Crippen LogP contribution in [0.15, 0.2) is 0 Å². The first-order valence-corrected chi connectivity index (χ1v) is 5.09. The van der Waals surface area contributed by atoms with E-state index in [0.29, 0.717) is 4.83 Å². The van der Waals surface area contributed by atoms with Gasteiger partial charge in [0.2, 0.25) is 0 Å². The number of hydrogen-bond donors (Lipinski definition) is 0. The molecule has 0 rings (SSSR count). The molecule has 0 N–H and O–H groups in total. The van der Waals surface area contributed by atoms with Gasteiger partial charge in [-0.25, -0.2) is 0 Å². The Hall–Kier alpha value is 0.480. The average molecular weight is 207 g/mol. The third-order valence-corrected chi connectivity index (χ3v) is 2.89. The summed E-state index contributed by atoms with van der Waals surface area (Å²) in [5, 5.41) is 0. The molecule has 0 aliphatic carbocycles. The predicted octanol–water partition coefficient (Wildman–Crippen LogP) is 3.84. The van der Waals surface area contributed by atoms with Gasteiger partial charge in [-0.1, -0.05) is 50.0 Å². The summed E-state index contributed by atoms with van der Waals surface area (Å²) in [5.74, 6) is 1.68. The maximum atomic E-state index is 3.59. The fourth-order valence-corrected chi connectivity index (χ4v) is 1.09. The summed E-state index contributed by atoms with van der Waals surface area (Å²) < 4.78 is 0. The number of hydrogen-bond acceptors (Lipinski definition) is 0. The molecule has 0 heterocycles. The Morgan fingerprint density at radius 1 is 1.00 bits per heavy atom. The van der Waals surface area contributed by atoms with Gasteiger partial charge in [-0.05, 0) is 18.3 Å². The quantitative estimate of drug-likeness (QED) is 0.614. The summed E-state index contributed by atoms with van der Waals surface area (Å²) in [4.78, 5) is 0.672. The molecule has 0 aromatic heterocycles. The van der Waals surface area contributed by atoms with Gasteiger partial charge in [0.25, 0.3) is 0 Å². The van der Waals surface area contributed by atoms with E-state index in [2.05, 4.69) is 43.6 Å². The van der Waals surface area contributed by atoms with Crippen molar-refractivity contribution in [1.82, 2.24) is 0 Å². The van der Waals surface area contributed by atoms with Crippen LogP contribution in [0.2, 0.25) is 0 Å². The number of rotatable bonds is 4. The molecule has 0 aromatic carbocycles. The van der Waals surface area contributed by atoms with Crippen molar-refractivity contribution in [2.75, 3.05) is 0 Å². The summed E-state index contributed by atoms with van der Waals surface area (Å²) in [7, 11) is 0. The van der Waals surface area contributed by atoms with Gasteiger partial charge in [0.05, 0.1) is 0 Å². The highest BCUT2D eigenvalue weighted by Crippen LogP contribution is 2.19. The summed E-state index contributed by atoms with van der Waals surface area (Å²) in [6.07, 6.45) is 2.71. The molecule has 0 saturated carbocycles. The molecule has 0 nitrogen and oxygen atoms in total. The molecule has 0 saturated heterocycles. The number of alkyl halides is 1. The monoisotopic (exact) mass is 206 g/mol. The molecule has 1 heteroatoms. The molecular formula is C9H19Br. The largest absolute Gasteiger partial charge is 0.0891 e. The van der Waals surface area contributed by atoms with Gasteiger partial charge in [0.1, 0.15) is 0 Å². The van der Waals surface area contributed by atoms with E-state index in [1.165, 1.54) is 12.8 Å². The third kappa shape index (κ3) is 5.28. The van der Waals surface area contributed by atoms with Crippen molar-refractivity contribution in [3.8, 4) is 0 Å². The van der Waals surface area contributed by atoms with Crippen molar-refractivity contribution in [3.63, 3.8) is 0 Å². The van der Waals surface area contributed by atoms with Crippen LogP contribution in [-0.4, -0.2) is 4.83 Å². The van der Waals surface area contributed by atoms with Gasteiger partial charge < -0.3 is 0 Å². The van der Waals surface area contributed by atoms with Crippen molar-refractivity contribution < 1.29 is 0 Å². The van der Waals surface area contributed by atoms with Crippen molar-refractivity contribution in [2.45, 2.75) is 45.4 Å². The molecule has 2 unspecified atom stereocenters. The Labute approximate surface area is 73.5 Å². The van der Waals surface area contributed by atoms with Crippen LogP contribution in [0.3, 0.4) is 0 Å². The van der Waals surface area contributed by atoms with E-state index < -0.39 is 0 Å². The van der Waals surface area contributed by atoms with Crippen molar-refractivity contribution in [1.29, 1.82) is 0 Å². The molecule has 0 fully saturated rings. The smallest absolute Gasteiger partial charge is 0.0143 e.